The highest BCUT2D eigenvalue weighted by Gasteiger charge is 1.85. The van der Waals surface area contributed by atoms with E-state index in [1.165, 1.54) is 11.1 Å². The monoisotopic (exact) mass is 158 g/mol. The third-order valence-corrected chi connectivity index (χ3v) is 1.65. The Labute approximate surface area is 74.2 Å². The van der Waals surface area contributed by atoms with Crippen molar-refractivity contribution in [3.8, 4) is 0 Å². The molecule has 0 heterocycles. The SMILES string of the molecule is CC=Cc1ccc(C=CC)cc1. The van der Waals surface area contributed by atoms with Crippen LogP contribution in [0.3, 0.4) is 0 Å². The van der Waals surface area contributed by atoms with Crippen LogP contribution in [0.4, 0.5) is 0 Å². The third-order valence-electron chi connectivity index (χ3n) is 1.65. The van der Waals surface area contributed by atoms with E-state index in [1.54, 1.807) is 0 Å². The maximum atomic E-state index is 2.12. The molecule has 12 heavy (non-hydrogen) atoms. The normalized spacial score (nSPS) is 11.5. The van der Waals surface area contributed by atoms with E-state index in [0.29, 0.717) is 0 Å². The first-order valence-electron chi connectivity index (χ1n) is 4.22. The minimum atomic E-state index is 1.26. The summed E-state index contributed by atoms with van der Waals surface area (Å²) >= 11 is 0. The molecule has 0 bridgehead atoms. The summed E-state index contributed by atoms with van der Waals surface area (Å²) in [5, 5.41) is 0. The first kappa shape index (κ1) is 8.79. The third kappa shape index (κ3) is 2.39. The molecule has 0 unspecified atom stereocenters. The Hall–Kier alpha value is -1.30. The summed E-state index contributed by atoms with van der Waals surface area (Å²) in [5.41, 5.74) is 2.51. The number of rotatable bonds is 2. The standard InChI is InChI=1S/C12H14/c1-3-5-11-7-9-12(6-4-2)10-8-11/h3-10H,1-2H3. The van der Waals surface area contributed by atoms with E-state index >= 15 is 0 Å². The average molecular weight is 158 g/mol. The Balaban J connectivity index is 2.85. The molecule has 0 aliphatic carbocycles. The fraction of sp³-hybridized carbons (Fsp3) is 0.167. The van der Waals surface area contributed by atoms with Crippen LogP contribution in [0, 0.1) is 0 Å². The van der Waals surface area contributed by atoms with Gasteiger partial charge in [-0.05, 0) is 25.0 Å². The van der Waals surface area contributed by atoms with Gasteiger partial charge in [0, 0.05) is 0 Å². The molecule has 0 amide bonds. The minimum Gasteiger partial charge on any atom is -0.0871 e. The van der Waals surface area contributed by atoms with Crippen molar-refractivity contribution in [3.05, 3.63) is 47.5 Å². The second kappa shape index (κ2) is 4.55. The topological polar surface area (TPSA) is 0 Å². The Kier molecular flexibility index (Phi) is 3.34. The van der Waals surface area contributed by atoms with Crippen LogP contribution in [-0.2, 0) is 0 Å². The smallest absolute Gasteiger partial charge is 0.0260 e. The zero-order valence-electron chi connectivity index (χ0n) is 7.62. The second-order valence-electron chi connectivity index (χ2n) is 2.67. The highest BCUT2D eigenvalue weighted by Crippen LogP contribution is 2.07. The number of benzene rings is 1. The molecule has 62 valence electrons. The molecule has 1 aromatic rings. The van der Waals surface area contributed by atoms with E-state index in [2.05, 4.69) is 36.4 Å². The number of hydrogen-bond donors (Lipinski definition) is 0. The molecule has 0 spiro atoms. The van der Waals surface area contributed by atoms with Gasteiger partial charge in [-0.3, -0.25) is 0 Å². The fourth-order valence-electron chi connectivity index (χ4n) is 1.10. The van der Waals surface area contributed by atoms with Gasteiger partial charge < -0.3 is 0 Å². The molecule has 0 aromatic heterocycles. The lowest BCUT2D eigenvalue weighted by atomic mass is 10.1. The molecule has 0 atom stereocenters. The molecule has 0 aliphatic rings. The summed E-state index contributed by atoms with van der Waals surface area (Å²) < 4.78 is 0. The van der Waals surface area contributed by atoms with Crippen molar-refractivity contribution in [2.45, 2.75) is 13.8 Å². The molecule has 0 heteroatoms. The molecule has 1 aromatic carbocycles. The summed E-state index contributed by atoms with van der Waals surface area (Å²) in [7, 11) is 0. The lowest BCUT2D eigenvalue weighted by Crippen LogP contribution is -1.73. The molecule has 0 aliphatic heterocycles. The van der Waals surface area contributed by atoms with Crippen molar-refractivity contribution in [2.24, 2.45) is 0 Å². The second-order valence-corrected chi connectivity index (χ2v) is 2.67. The maximum Gasteiger partial charge on any atom is -0.0260 e. The van der Waals surface area contributed by atoms with Crippen molar-refractivity contribution in [1.82, 2.24) is 0 Å². The van der Waals surface area contributed by atoms with Crippen molar-refractivity contribution in [2.75, 3.05) is 0 Å². The number of allylic oxidation sites excluding steroid dienone is 2. The summed E-state index contributed by atoms with van der Waals surface area (Å²) in [6.45, 7) is 4.06. The molecule has 0 nitrogen and oxygen atoms in total. The van der Waals surface area contributed by atoms with E-state index in [-0.39, 0.29) is 0 Å². The molecule has 0 N–H and O–H groups in total. The van der Waals surface area contributed by atoms with E-state index in [4.69, 9.17) is 0 Å². The van der Waals surface area contributed by atoms with Crippen LogP contribution in [0.25, 0.3) is 12.2 Å². The quantitative estimate of drug-likeness (QED) is 0.615. The van der Waals surface area contributed by atoms with E-state index in [0.717, 1.165) is 0 Å². The largest absolute Gasteiger partial charge is 0.0871 e. The highest BCUT2D eigenvalue weighted by atomic mass is 13.9. The van der Waals surface area contributed by atoms with Crippen LogP contribution >= 0.6 is 0 Å². The maximum absolute atomic E-state index is 2.12. The summed E-state index contributed by atoms with van der Waals surface area (Å²) in [5.74, 6) is 0. The van der Waals surface area contributed by atoms with Gasteiger partial charge in [0.1, 0.15) is 0 Å². The van der Waals surface area contributed by atoms with Gasteiger partial charge in [-0.15, -0.1) is 0 Å². The highest BCUT2D eigenvalue weighted by molar-refractivity contribution is 5.55. The Bertz CT molecular complexity index is 244. The first-order valence-corrected chi connectivity index (χ1v) is 4.22. The van der Waals surface area contributed by atoms with Gasteiger partial charge in [0.25, 0.3) is 0 Å². The Morgan fingerprint density at radius 2 is 1.08 bits per heavy atom. The van der Waals surface area contributed by atoms with Crippen molar-refractivity contribution >= 4 is 12.2 Å². The number of hydrogen-bond acceptors (Lipinski definition) is 0. The van der Waals surface area contributed by atoms with Crippen molar-refractivity contribution in [3.63, 3.8) is 0 Å². The van der Waals surface area contributed by atoms with Gasteiger partial charge in [0.2, 0.25) is 0 Å². The van der Waals surface area contributed by atoms with Gasteiger partial charge >= 0.3 is 0 Å². The van der Waals surface area contributed by atoms with Crippen LogP contribution < -0.4 is 0 Å². The zero-order chi connectivity index (χ0) is 8.81. The van der Waals surface area contributed by atoms with Gasteiger partial charge in [-0.1, -0.05) is 48.6 Å². The molecular weight excluding hydrogens is 144 g/mol. The van der Waals surface area contributed by atoms with E-state index in [1.807, 2.05) is 26.0 Å². The van der Waals surface area contributed by atoms with Gasteiger partial charge in [-0.25, -0.2) is 0 Å². The summed E-state index contributed by atoms with van der Waals surface area (Å²) in [6, 6.07) is 8.48. The molecule has 1 rings (SSSR count). The molecular formula is C12H14. The van der Waals surface area contributed by atoms with Gasteiger partial charge in [-0.2, -0.15) is 0 Å². The molecule has 0 radical (unpaired) electrons. The van der Waals surface area contributed by atoms with Crippen LogP contribution in [0.15, 0.2) is 36.4 Å². The van der Waals surface area contributed by atoms with E-state index in [9.17, 15) is 0 Å². The fourth-order valence-corrected chi connectivity index (χ4v) is 1.10. The van der Waals surface area contributed by atoms with Crippen molar-refractivity contribution < 1.29 is 0 Å². The van der Waals surface area contributed by atoms with Crippen LogP contribution in [0.1, 0.15) is 25.0 Å². The molecule has 0 saturated carbocycles. The minimum absolute atomic E-state index is 1.26. The molecule has 0 saturated heterocycles. The van der Waals surface area contributed by atoms with Crippen LogP contribution in [0.2, 0.25) is 0 Å². The Morgan fingerprint density at radius 1 is 0.750 bits per heavy atom. The summed E-state index contributed by atoms with van der Waals surface area (Å²) in [4.78, 5) is 0. The lowest BCUT2D eigenvalue weighted by Gasteiger charge is -1.94. The van der Waals surface area contributed by atoms with Gasteiger partial charge in [0.15, 0.2) is 0 Å². The van der Waals surface area contributed by atoms with Gasteiger partial charge in [0.05, 0.1) is 0 Å². The van der Waals surface area contributed by atoms with Crippen molar-refractivity contribution in [1.29, 1.82) is 0 Å². The first-order chi connectivity index (χ1) is 5.86. The Morgan fingerprint density at radius 3 is 1.33 bits per heavy atom. The van der Waals surface area contributed by atoms with Crippen LogP contribution in [0.5, 0.6) is 0 Å². The van der Waals surface area contributed by atoms with Crippen LogP contribution in [-0.4, -0.2) is 0 Å². The average Bonchev–Trinajstić information content (AvgIpc) is 2.09. The predicted octanol–water partition coefficient (Wildman–Crippen LogP) is 3.75. The molecule has 0 fully saturated rings. The van der Waals surface area contributed by atoms with E-state index < -0.39 is 0 Å². The lowest BCUT2D eigenvalue weighted by molar-refractivity contribution is 1.60. The zero-order valence-corrected chi connectivity index (χ0v) is 7.62. The summed E-state index contributed by atoms with van der Waals surface area (Å²) in [6.07, 6.45) is 8.29. The predicted molar refractivity (Wildman–Crippen MR) is 55.9 cm³/mol.